The molecule has 2 aromatic heterocycles. The lowest BCUT2D eigenvalue weighted by molar-refractivity contribution is -0.117. The minimum atomic E-state index is -0.500. The third-order valence-electron chi connectivity index (χ3n) is 4.92. The van der Waals surface area contributed by atoms with Crippen molar-refractivity contribution in [2.45, 2.75) is 31.5 Å². The molecule has 30 heavy (non-hydrogen) atoms. The molecule has 1 aliphatic heterocycles. The summed E-state index contributed by atoms with van der Waals surface area (Å²) >= 11 is 1.22. The van der Waals surface area contributed by atoms with E-state index in [1.165, 1.54) is 11.8 Å². The van der Waals surface area contributed by atoms with E-state index in [0.717, 1.165) is 22.4 Å². The van der Waals surface area contributed by atoms with Crippen LogP contribution in [-0.4, -0.2) is 39.5 Å². The van der Waals surface area contributed by atoms with Crippen LogP contribution in [0.25, 0.3) is 17.0 Å². The van der Waals surface area contributed by atoms with Gasteiger partial charge in [-0.05, 0) is 44.5 Å². The second-order valence-electron chi connectivity index (χ2n) is 7.46. The number of hydrogen-bond acceptors (Lipinski definition) is 7. The van der Waals surface area contributed by atoms with Crippen molar-refractivity contribution < 1.29 is 13.9 Å². The molecule has 0 atom stereocenters. The van der Waals surface area contributed by atoms with Gasteiger partial charge in [0.1, 0.15) is 5.75 Å². The number of ether oxygens (including phenoxy) is 1. The van der Waals surface area contributed by atoms with Crippen molar-refractivity contribution in [2.24, 2.45) is 0 Å². The number of para-hydroxylation sites is 1. The van der Waals surface area contributed by atoms with E-state index in [9.17, 15) is 4.79 Å². The Morgan fingerprint density at radius 3 is 2.70 bits per heavy atom. The van der Waals surface area contributed by atoms with E-state index < -0.39 is 5.54 Å². The van der Waals surface area contributed by atoms with Crippen LogP contribution in [0.3, 0.4) is 0 Å². The first kappa shape index (κ1) is 20.2. The largest absolute Gasteiger partial charge is 0.495 e. The zero-order chi connectivity index (χ0) is 21.3. The summed E-state index contributed by atoms with van der Waals surface area (Å²) in [5.41, 5.74) is 3.18. The fourth-order valence-electron chi connectivity index (χ4n) is 3.71. The number of pyridine rings is 1. The third-order valence-corrected chi connectivity index (χ3v) is 5.72. The van der Waals surface area contributed by atoms with E-state index in [0.29, 0.717) is 16.9 Å². The van der Waals surface area contributed by atoms with E-state index in [4.69, 9.17) is 9.15 Å². The zero-order valence-electron chi connectivity index (χ0n) is 17.2. The van der Waals surface area contributed by atoms with Gasteiger partial charge in [-0.25, -0.2) is 0 Å². The van der Waals surface area contributed by atoms with Gasteiger partial charge in [-0.3, -0.25) is 14.7 Å². The third kappa shape index (κ3) is 3.70. The number of carbonyl (C=O) groups is 1. The highest BCUT2D eigenvalue weighted by molar-refractivity contribution is 7.99. The number of carbonyl (C=O) groups excluding carboxylic acids is 1. The van der Waals surface area contributed by atoms with Crippen molar-refractivity contribution in [3.05, 3.63) is 54.4 Å². The average molecular weight is 423 g/mol. The molecular formula is C22H22N4O3S. The van der Waals surface area contributed by atoms with Gasteiger partial charge in [0.05, 0.1) is 24.1 Å². The monoisotopic (exact) mass is 422 g/mol. The van der Waals surface area contributed by atoms with Gasteiger partial charge < -0.3 is 9.15 Å². The van der Waals surface area contributed by atoms with Gasteiger partial charge in [-0.2, -0.15) is 0 Å². The summed E-state index contributed by atoms with van der Waals surface area (Å²) < 4.78 is 11.3. The Morgan fingerprint density at radius 1 is 1.20 bits per heavy atom. The fraction of sp³-hybridized carbons (Fsp3) is 0.273. The summed E-state index contributed by atoms with van der Waals surface area (Å²) in [4.78, 5) is 19.1. The van der Waals surface area contributed by atoms with E-state index in [1.54, 1.807) is 36.5 Å². The van der Waals surface area contributed by atoms with Crippen LogP contribution in [0.15, 0.2) is 58.4 Å². The van der Waals surface area contributed by atoms with Crippen LogP contribution in [0.2, 0.25) is 0 Å². The predicted octanol–water partition coefficient (Wildman–Crippen LogP) is 4.46. The van der Waals surface area contributed by atoms with Gasteiger partial charge in [0.15, 0.2) is 0 Å². The normalized spacial score (nSPS) is 14.8. The van der Waals surface area contributed by atoms with E-state index in [2.05, 4.69) is 28.2 Å². The van der Waals surface area contributed by atoms with Gasteiger partial charge in [0, 0.05) is 23.5 Å². The molecule has 0 fully saturated rings. The maximum absolute atomic E-state index is 13.3. The lowest BCUT2D eigenvalue weighted by atomic mass is 9.88. The van der Waals surface area contributed by atoms with Crippen LogP contribution in [0.5, 0.6) is 5.75 Å². The summed E-state index contributed by atoms with van der Waals surface area (Å²) in [7, 11) is 1.62. The number of thioether (sulfide) groups is 1. The molecular weight excluding hydrogens is 400 g/mol. The van der Waals surface area contributed by atoms with Crippen LogP contribution >= 0.6 is 11.8 Å². The second-order valence-corrected chi connectivity index (χ2v) is 8.39. The number of amides is 1. The molecule has 0 bridgehead atoms. The lowest BCUT2D eigenvalue weighted by Gasteiger charge is -2.42. The summed E-state index contributed by atoms with van der Waals surface area (Å²) in [5.74, 6) is 1.16. The van der Waals surface area contributed by atoms with E-state index in [1.807, 2.05) is 32.0 Å². The van der Waals surface area contributed by atoms with E-state index >= 15 is 0 Å². The molecule has 4 rings (SSSR count). The van der Waals surface area contributed by atoms with Crippen molar-refractivity contribution in [1.82, 2.24) is 15.2 Å². The maximum Gasteiger partial charge on any atom is 0.277 e. The Kier molecular flexibility index (Phi) is 5.34. The number of methoxy groups -OCH3 is 1. The standard InChI is InChI=1S/C22H22N4O3S/c1-14-12-22(2,3)26(19-16(14)6-5-7-17(19)28-4)18(27)13-30-21-25-24-20(29-21)15-8-10-23-11-9-15/h5-12H,13H2,1-4H3. The number of fused-ring (bicyclic) bond motifs is 1. The number of hydrogen-bond donors (Lipinski definition) is 0. The lowest BCUT2D eigenvalue weighted by Crippen LogP contribution is -2.49. The molecule has 0 aliphatic carbocycles. The summed E-state index contributed by atoms with van der Waals surface area (Å²) in [6.07, 6.45) is 5.43. The van der Waals surface area contributed by atoms with Gasteiger partial charge in [-0.15, -0.1) is 10.2 Å². The second kappa shape index (κ2) is 7.95. The molecule has 8 heteroatoms. The molecule has 0 saturated carbocycles. The molecule has 0 radical (unpaired) electrons. The van der Waals surface area contributed by atoms with Crippen LogP contribution in [0, 0.1) is 0 Å². The predicted molar refractivity (Wildman–Crippen MR) is 116 cm³/mol. The number of rotatable bonds is 5. The fourth-order valence-corrected chi connectivity index (χ4v) is 4.32. The zero-order valence-corrected chi connectivity index (χ0v) is 18.1. The Hall–Kier alpha value is -3.13. The van der Waals surface area contributed by atoms with Crippen molar-refractivity contribution in [1.29, 1.82) is 0 Å². The van der Waals surface area contributed by atoms with Gasteiger partial charge in [-0.1, -0.05) is 30.0 Å². The van der Waals surface area contributed by atoms with Crippen molar-refractivity contribution in [2.75, 3.05) is 17.8 Å². The first-order chi connectivity index (χ1) is 14.4. The quantitative estimate of drug-likeness (QED) is 0.562. The molecule has 1 amide bonds. The SMILES string of the molecule is COc1cccc2c1N(C(=O)CSc1nnc(-c3ccncc3)o1)C(C)(C)C=C2C. The number of benzene rings is 1. The molecule has 0 spiro atoms. The molecule has 1 aliphatic rings. The first-order valence-electron chi connectivity index (χ1n) is 9.47. The van der Waals surface area contributed by atoms with Gasteiger partial charge in [0.2, 0.25) is 11.8 Å². The highest BCUT2D eigenvalue weighted by Crippen LogP contribution is 2.44. The van der Waals surface area contributed by atoms with Gasteiger partial charge in [0.25, 0.3) is 5.22 Å². The molecule has 0 N–H and O–H groups in total. The molecule has 1 aromatic carbocycles. The minimum Gasteiger partial charge on any atom is -0.495 e. The average Bonchev–Trinajstić information content (AvgIpc) is 3.21. The van der Waals surface area contributed by atoms with Crippen LogP contribution in [0.4, 0.5) is 5.69 Å². The van der Waals surface area contributed by atoms with Crippen molar-refractivity contribution in [3.63, 3.8) is 0 Å². The topological polar surface area (TPSA) is 81.4 Å². The van der Waals surface area contributed by atoms with Gasteiger partial charge >= 0.3 is 0 Å². The number of anilines is 1. The summed E-state index contributed by atoms with van der Waals surface area (Å²) in [5, 5.41) is 8.46. The van der Waals surface area contributed by atoms with Crippen LogP contribution in [-0.2, 0) is 4.79 Å². The summed E-state index contributed by atoms with van der Waals surface area (Å²) in [6, 6.07) is 9.40. The Labute approximate surface area is 179 Å². The molecule has 154 valence electrons. The molecule has 0 unspecified atom stereocenters. The van der Waals surface area contributed by atoms with Crippen molar-refractivity contribution in [3.8, 4) is 17.2 Å². The molecule has 3 aromatic rings. The highest BCUT2D eigenvalue weighted by Gasteiger charge is 2.37. The minimum absolute atomic E-state index is 0.0665. The van der Waals surface area contributed by atoms with Crippen LogP contribution in [0.1, 0.15) is 26.3 Å². The Morgan fingerprint density at radius 2 is 1.97 bits per heavy atom. The smallest absolute Gasteiger partial charge is 0.277 e. The first-order valence-corrected chi connectivity index (χ1v) is 10.5. The number of aromatic nitrogens is 3. The Balaban J connectivity index is 1.57. The maximum atomic E-state index is 13.3. The Bertz CT molecular complexity index is 1110. The molecule has 0 saturated heterocycles. The van der Waals surface area contributed by atoms with Crippen LogP contribution < -0.4 is 9.64 Å². The number of nitrogens with zero attached hydrogens (tertiary/aromatic N) is 4. The molecule has 3 heterocycles. The van der Waals surface area contributed by atoms with Crippen molar-refractivity contribution >= 4 is 28.9 Å². The number of allylic oxidation sites excluding steroid dienone is 1. The highest BCUT2D eigenvalue weighted by atomic mass is 32.2. The van der Waals surface area contributed by atoms with E-state index in [-0.39, 0.29) is 11.7 Å². The molecule has 7 nitrogen and oxygen atoms in total. The summed E-state index contributed by atoms with van der Waals surface area (Å²) in [6.45, 7) is 6.08.